The molecule has 1 aliphatic rings. The first-order chi connectivity index (χ1) is 14.0. The van der Waals surface area contributed by atoms with Crippen LogP contribution in [0.1, 0.15) is 36.2 Å². The summed E-state index contributed by atoms with van der Waals surface area (Å²) in [6.45, 7) is 4.53. The van der Waals surface area contributed by atoms with Gasteiger partial charge in [0.2, 0.25) is 5.91 Å². The highest BCUT2D eigenvalue weighted by Gasteiger charge is 2.25. The van der Waals surface area contributed by atoms with Crippen LogP contribution in [0.4, 0.5) is 10.1 Å². The topological polar surface area (TPSA) is 54.5 Å². The lowest BCUT2D eigenvalue weighted by atomic mass is 9.98. The summed E-state index contributed by atoms with van der Waals surface area (Å²) < 4.78 is 19.4. The largest absolute Gasteiger partial charge is 0.494 e. The molecule has 6 heteroatoms. The SMILES string of the molecule is COc1cccc2c(NC3CCN(C(C)=O)Cc4cc(F)ccc43)cc(C)nc12. The molecule has 1 aromatic heterocycles. The summed E-state index contributed by atoms with van der Waals surface area (Å²) in [6.07, 6.45) is 0.727. The van der Waals surface area contributed by atoms with E-state index in [-0.39, 0.29) is 17.8 Å². The van der Waals surface area contributed by atoms with Crippen molar-refractivity contribution >= 4 is 22.5 Å². The molecule has 0 saturated heterocycles. The van der Waals surface area contributed by atoms with Crippen LogP contribution in [0.2, 0.25) is 0 Å². The first-order valence-corrected chi connectivity index (χ1v) is 9.71. The van der Waals surface area contributed by atoms with Gasteiger partial charge in [0.25, 0.3) is 0 Å². The third-order valence-corrected chi connectivity index (χ3v) is 5.45. The minimum atomic E-state index is -0.289. The van der Waals surface area contributed by atoms with E-state index in [1.807, 2.05) is 37.3 Å². The van der Waals surface area contributed by atoms with Crippen LogP contribution in [0.15, 0.2) is 42.5 Å². The molecule has 2 heterocycles. The number of methoxy groups -OCH3 is 1. The summed E-state index contributed by atoms with van der Waals surface area (Å²) in [5, 5.41) is 4.60. The summed E-state index contributed by atoms with van der Waals surface area (Å²) in [5.74, 6) is 0.430. The van der Waals surface area contributed by atoms with Crippen molar-refractivity contribution < 1.29 is 13.9 Å². The second kappa shape index (κ2) is 7.70. The highest BCUT2D eigenvalue weighted by molar-refractivity contribution is 5.95. The molecule has 1 atom stereocenters. The van der Waals surface area contributed by atoms with Crippen molar-refractivity contribution in [3.63, 3.8) is 0 Å². The Morgan fingerprint density at radius 3 is 2.86 bits per heavy atom. The average Bonchev–Trinajstić information content (AvgIpc) is 2.86. The zero-order valence-corrected chi connectivity index (χ0v) is 16.8. The number of nitrogens with zero attached hydrogens (tertiary/aromatic N) is 2. The number of rotatable bonds is 3. The number of carbonyl (C=O) groups excluding carboxylic acids is 1. The fourth-order valence-corrected chi connectivity index (χ4v) is 4.02. The number of hydrogen-bond donors (Lipinski definition) is 1. The van der Waals surface area contributed by atoms with Gasteiger partial charge in [-0.1, -0.05) is 18.2 Å². The number of benzene rings is 2. The summed E-state index contributed by atoms with van der Waals surface area (Å²) in [6, 6.07) is 12.6. The lowest BCUT2D eigenvalue weighted by Gasteiger charge is -2.22. The number of amides is 1. The number of aromatic nitrogens is 1. The summed E-state index contributed by atoms with van der Waals surface area (Å²) >= 11 is 0. The maximum absolute atomic E-state index is 13.9. The number of pyridine rings is 1. The van der Waals surface area contributed by atoms with Crippen molar-refractivity contribution in [1.29, 1.82) is 0 Å². The van der Waals surface area contributed by atoms with Gasteiger partial charge in [-0.2, -0.15) is 0 Å². The number of anilines is 1. The number of para-hydroxylation sites is 1. The van der Waals surface area contributed by atoms with Gasteiger partial charge in [0.15, 0.2) is 0 Å². The Kier molecular flexibility index (Phi) is 5.09. The van der Waals surface area contributed by atoms with Crippen LogP contribution in [-0.2, 0) is 11.3 Å². The average molecular weight is 393 g/mol. The zero-order valence-electron chi connectivity index (χ0n) is 16.8. The van der Waals surface area contributed by atoms with Gasteiger partial charge in [-0.3, -0.25) is 4.79 Å². The molecule has 150 valence electrons. The van der Waals surface area contributed by atoms with Gasteiger partial charge in [-0.05, 0) is 48.7 Å². The van der Waals surface area contributed by atoms with E-state index in [4.69, 9.17) is 4.74 Å². The molecule has 5 nitrogen and oxygen atoms in total. The lowest BCUT2D eigenvalue weighted by molar-refractivity contribution is -0.129. The maximum Gasteiger partial charge on any atom is 0.219 e. The monoisotopic (exact) mass is 393 g/mol. The molecule has 29 heavy (non-hydrogen) atoms. The molecular formula is C23H24FN3O2. The van der Waals surface area contributed by atoms with Gasteiger partial charge in [0, 0.05) is 36.8 Å². The molecule has 0 bridgehead atoms. The fraction of sp³-hybridized carbons (Fsp3) is 0.304. The Bertz CT molecular complexity index is 1080. The first kappa shape index (κ1) is 19.2. The van der Waals surface area contributed by atoms with Gasteiger partial charge in [-0.25, -0.2) is 9.37 Å². The normalized spacial score (nSPS) is 16.3. The third-order valence-electron chi connectivity index (χ3n) is 5.45. The Labute approximate surface area is 169 Å². The van der Waals surface area contributed by atoms with E-state index in [2.05, 4.69) is 10.3 Å². The maximum atomic E-state index is 13.9. The van der Waals surface area contributed by atoms with Gasteiger partial charge in [0.1, 0.15) is 17.1 Å². The molecule has 3 aromatic rings. The summed E-state index contributed by atoms with van der Waals surface area (Å²) in [7, 11) is 1.64. The van der Waals surface area contributed by atoms with E-state index < -0.39 is 0 Å². The molecule has 0 radical (unpaired) electrons. The minimum Gasteiger partial charge on any atom is -0.494 e. The lowest BCUT2D eigenvalue weighted by Crippen LogP contribution is -2.28. The van der Waals surface area contributed by atoms with Crippen molar-refractivity contribution in [2.45, 2.75) is 32.9 Å². The Balaban J connectivity index is 1.78. The summed E-state index contributed by atoms with van der Waals surface area (Å²) in [5.41, 5.74) is 4.48. The molecule has 0 fully saturated rings. The predicted octanol–water partition coefficient (Wildman–Crippen LogP) is 4.60. The zero-order chi connectivity index (χ0) is 20.5. The molecule has 1 N–H and O–H groups in total. The Hall–Kier alpha value is -3.15. The molecule has 0 aliphatic carbocycles. The Morgan fingerprint density at radius 1 is 1.28 bits per heavy atom. The van der Waals surface area contributed by atoms with E-state index in [1.54, 1.807) is 18.9 Å². The van der Waals surface area contributed by atoms with Crippen molar-refractivity contribution in [2.75, 3.05) is 19.0 Å². The molecule has 2 aromatic carbocycles. The molecule has 1 aliphatic heterocycles. The molecule has 0 saturated carbocycles. The number of aryl methyl sites for hydroxylation is 1. The van der Waals surface area contributed by atoms with Crippen LogP contribution in [-0.4, -0.2) is 29.4 Å². The van der Waals surface area contributed by atoms with Crippen molar-refractivity contribution in [3.05, 3.63) is 65.1 Å². The third kappa shape index (κ3) is 3.75. The van der Waals surface area contributed by atoms with Gasteiger partial charge in [0.05, 0.1) is 13.2 Å². The van der Waals surface area contributed by atoms with Gasteiger partial charge < -0.3 is 15.0 Å². The number of hydrogen-bond acceptors (Lipinski definition) is 4. The second-order valence-electron chi connectivity index (χ2n) is 7.44. The molecule has 1 amide bonds. The van der Waals surface area contributed by atoms with Crippen LogP contribution < -0.4 is 10.1 Å². The molecule has 0 spiro atoms. The Morgan fingerprint density at radius 2 is 2.10 bits per heavy atom. The minimum absolute atomic E-state index is 0.00389. The van der Waals surface area contributed by atoms with Crippen molar-refractivity contribution in [1.82, 2.24) is 9.88 Å². The van der Waals surface area contributed by atoms with Crippen LogP contribution >= 0.6 is 0 Å². The standard InChI is InChI=1S/C23H24FN3O2/c1-14-11-21(19-5-4-6-22(29-3)23(19)25-14)26-20-9-10-27(15(2)28)13-16-12-17(24)7-8-18(16)20/h4-8,11-12,20H,9-10,13H2,1-3H3,(H,25,26). The number of fused-ring (bicyclic) bond motifs is 2. The van der Waals surface area contributed by atoms with E-state index in [9.17, 15) is 9.18 Å². The quantitative estimate of drug-likeness (QED) is 0.707. The van der Waals surface area contributed by atoms with E-state index in [1.165, 1.54) is 12.1 Å². The molecule has 4 rings (SSSR count). The first-order valence-electron chi connectivity index (χ1n) is 9.71. The number of ether oxygens (including phenoxy) is 1. The second-order valence-corrected chi connectivity index (χ2v) is 7.44. The summed E-state index contributed by atoms with van der Waals surface area (Å²) in [4.78, 5) is 18.4. The van der Waals surface area contributed by atoms with E-state index >= 15 is 0 Å². The predicted molar refractivity (Wildman–Crippen MR) is 112 cm³/mol. The fourth-order valence-electron chi connectivity index (χ4n) is 4.02. The van der Waals surface area contributed by atoms with Crippen LogP contribution in [0.25, 0.3) is 10.9 Å². The van der Waals surface area contributed by atoms with Crippen molar-refractivity contribution in [2.24, 2.45) is 0 Å². The molecule has 1 unspecified atom stereocenters. The van der Waals surface area contributed by atoms with E-state index in [0.717, 1.165) is 45.6 Å². The van der Waals surface area contributed by atoms with Crippen LogP contribution in [0, 0.1) is 12.7 Å². The van der Waals surface area contributed by atoms with Crippen LogP contribution in [0.3, 0.4) is 0 Å². The highest BCUT2D eigenvalue weighted by Crippen LogP contribution is 2.35. The van der Waals surface area contributed by atoms with Crippen LogP contribution in [0.5, 0.6) is 5.75 Å². The van der Waals surface area contributed by atoms with E-state index in [0.29, 0.717) is 13.1 Å². The number of carbonyl (C=O) groups is 1. The number of halogens is 1. The van der Waals surface area contributed by atoms with Crippen molar-refractivity contribution in [3.8, 4) is 5.75 Å². The molecular weight excluding hydrogens is 369 g/mol. The van der Waals surface area contributed by atoms with Gasteiger partial charge >= 0.3 is 0 Å². The number of nitrogens with one attached hydrogen (secondary N) is 1. The smallest absolute Gasteiger partial charge is 0.219 e. The van der Waals surface area contributed by atoms with Gasteiger partial charge in [-0.15, -0.1) is 0 Å². The highest BCUT2D eigenvalue weighted by atomic mass is 19.1.